The third-order valence-corrected chi connectivity index (χ3v) is 4.49. The highest BCUT2D eigenvalue weighted by molar-refractivity contribution is 8.00. The number of primary amides is 1. The van der Waals surface area contributed by atoms with Crippen LogP contribution in [0.25, 0.3) is 5.65 Å². The minimum absolute atomic E-state index is 0.0181. The van der Waals surface area contributed by atoms with Gasteiger partial charge in [-0.3, -0.25) is 14.5 Å². The molecule has 0 saturated carbocycles. The van der Waals surface area contributed by atoms with E-state index in [0.717, 1.165) is 11.5 Å². The van der Waals surface area contributed by atoms with Crippen molar-refractivity contribution in [2.75, 3.05) is 0 Å². The molecule has 9 heteroatoms. The van der Waals surface area contributed by atoms with Crippen molar-refractivity contribution in [1.29, 1.82) is 0 Å². The molecule has 0 aliphatic heterocycles. The van der Waals surface area contributed by atoms with Crippen molar-refractivity contribution in [3.05, 3.63) is 17.6 Å². The summed E-state index contributed by atoms with van der Waals surface area (Å²) in [6.07, 6.45) is 0. The van der Waals surface area contributed by atoms with Gasteiger partial charge in [0, 0.05) is 11.8 Å². The van der Waals surface area contributed by atoms with E-state index in [1.54, 1.807) is 4.40 Å². The summed E-state index contributed by atoms with van der Waals surface area (Å²) in [5.41, 5.74) is 6.53. The monoisotopic (exact) mass is 322 g/mol. The minimum Gasteiger partial charge on any atom is -0.351 e. The van der Waals surface area contributed by atoms with Crippen molar-refractivity contribution in [1.82, 2.24) is 24.9 Å². The van der Waals surface area contributed by atoms with Crippen LogP contribution in [-0.2, 0) is 4.79 Å². The Labute approximate surface area is 131 Å². The maximum atomic E-state index is 12.1. The summed E-state index contributed by atoms with van der Waals surface area (Å²) in [4.78, 5) is 27.3. The molecule has 3 N–H and O–H groups in total. The van der Waals surface area contributed by atoms with E-state index in [4.69, 9.17) is 5.73 Å². The third-order valence-electron chi connectivity index (χ3n) is 3.00. The second-order valence-corrected chi connectivity index (χ2v) is 6.37. The molecule has 0 aromatic carbocycles. The molecule has 118 valence electrons. The molecule has 0 saturated heterocycles. The Morgan fingerprint density at radius 1 is 1.32 bits per heavy atom. The standard InChI is InChI=1S/C13H18N6O2S/c1-6(2)10(11(20)16-12(14)21)22-13-18-17-9-5-7(3)15-8(4)19(9)13/h5-6,10H,1-4H3,(H3,14,16,20,21)/t10-/m1/s1. The van der Waals surface area contributed by atoms with E-state index in [1.807, 2.05) is 33.8 Å². The van der Waals surface area contributed by atoms with Crippen LogP contribution < -0.4 is 11.1 Å². The minimum atomic E-state index is -0.865. The van der Waals surface area contributed by atoms with E-state index in [0.29, 0.717) is 10.8 Å². The number of aryl methyl sites for hydroxylation is 2. The molecule has 2 aromatic rings. The molecule has 1 atom stereocenters. The van der Waals surface area contributed by atoms with Gasteiger partial charge in [0.15, 0.2) is 10.8 Å². The number of hydrogen-bond acceptors (Lipinski definition) is 6. The highest BCUT2D eigenvalue weighted by Gasteiger charge is 2.27. The molecule has 0 unspecified atom stereocenters. The van der Waals surface area contributed by atoms with Gasteiger partial charge in [0.1, 0.15) is 5.82 Å². The number of nitrogens with one attached hydrogen (secondary N) is 1. The predicted molar refractivity (Wildman–Crippen MR) is 82.5 cm³/mol. The molecule has 2 heterocycles. The van der Waals surface area contributed by atoms with Crippen LogP contribution in [0.3, 0.4) is 0 Å². The van der Waals surface area contributed by atoms with E-state index in [-0.39, 0.29) is 5.92 Å². The molecule has 0 radical (unpaired) electrons. The molecular formula is C13H18N6O2S. The molecule has 8 nitrogen and oxygen atoms in total. The lowest BCUT2D eigenvalue weighted by Gasteiger charge is -2.17. The third kappa shape index (κ3) is 3.35. The zero-order valence-corrected chi connectivity index (χ0v) is 13.6. The molecule has 2 rings (SSSR count). The second kappa shape index (κ2) is 6.30. The van der Waals surface area contributed by atoms with Crippen molar-refractivity contribution in [2.24, 2.45) is 11.7 Å². The fourth-order valence-corrected chi connectivity index (χ4v) is 3.16. The summed E-state index contributed by atoms with van der Waals surface area (Å²) < 4.78 is 1.78. The van der Waals surface area contributed by atoms with Crippen LogP contribution in [0.2, 0.25) is 0 Å². The van der Waals surface area contributed by atoms with Crippen LogP contribution in [0, 0.1) is 19.8 Å². The number of aromatic nitrogens is 4. The summed E-state index contributed by atoms with van der Waals surface area (Å²) in [5, 5.41) is 10.4. The first-order valence-electron chi connectivity index (χ1n) is 6.76. The molecule has 0 aliphatic carbocycles. The van der Waals surface area contributed by atoms with Gasteiger partial charge < -0.3 is 5.73 Å². The Kier molecular flexibility index (Phi) is 4.65. The molecule has 0 bridgehead atoms. The Hall–Kier alpha value is -2.16. The van der Waals surface area contributed by atoms with Gasteiger partial charge in [0.25, 0.3) is 0 Å². The summed E-state index contributed by atoms with van der Waals surface area (Å²) in [5.74, 6) is 0.276. The number of carbonyl (C=O) groups excluding carboxylic acids is 2. The van der Waals surface area contributed by atoms with Crippen LogP contribution in [0.1, 0.15) is 25.4 Å². The van der Waals surface area contributed by atoms with Gasteiger partial charge in [-0.05, 0) is 19.8 Å². The topological polar surface area (TPSA) is 115 Å². The normalized spacial score (nSPS) is 12.6. The summed E-state index contributed by atoms with van der Waals surface area (Å²) in [6.45, 7) is 7.50. The number of thioether (sulfide) groups is 1. The number of fused-ring (bicyclic) bond motifs is 1. The quantitative estimate of drug-likeness (QED) is 0.813. The van der Waals surface area contributed by atoms with E-state index >= 15 is 0 Å². The Morgan fingerprint density at radius 3 is 2.59 bits per heavy atom. The zero-order chi connectivity index (χ0) is 16.4. The molecule has 22 heavy (non-hydrogen) atoms. The second-order valence-electron chi connectivity index (χ2n) is 5.26. The van der Waals surface area contributed by atoms with Gasteiger partial charge in [0.05, 0.1) is 5.25 Å². The van der Waals surface area contributed by atoms with Gasteiger partial charge in [-0.15, -0.1) is 10.2 Å². The SMILES string of the molecule is Cc1cc2nnc(S[C@@H](C(=O)NC(N)=O)C(C)C)n2c(C)n1. The average molecular weight is 322 g/mol. The van der Waals surface area contributed by atoms with Gasteiger partial charge in [-0.1, -0.05) is 25.6 Å². The fourth-order valence-electron chi connectivity index (χ4n) is 2.08. The maximum Gasteiger partial charge on any atom is 0.318 e. The van der Waals surface area contributed by atoms with E-state index < -0.39 is 17.2 Å². The maximum absolute atomic E-state index is 12.1. The van der Waals surface area contributed by atoms with Crippen LogP contribution in [-0.4, -0.2) is 36.8 Å². The number of urea groups is 1. The van der Waals surface area contributed by atoms with Crippen LogP contribution in [0.4, 0.5) is 4.79 Å². The number of hydrogen-bond donors (Lipinski definition) is 2. The Morgan fingerprint density at radius 2 is 2.00 bits per heavy atom. The summed E-state index contributed by atoms with van der Waals surface area (Å²) >= 11 is 1.23. The highest BCUT2D eigenvalue weighted by Crippen LogP contribution is 2.28. The smallest absolute Gasteiger partial charge is 0.318 e. The molecule has 0 spiro atoms. The zero-order valence-electron chi connectivity index (χ0n) is 12.8. The Balaban J connectivity index is 2.35. The number of carbonyl (C=O) groups is 2. The van der Waals surface area contributed by atoms with Crippen LogP contribution in [0.5, 0.6) is 0 Å². The van der Waals surface area contributed by atoms with Crippen molar-refractivity contribution < 1.29 is 9.59 Å². The molecule has 0 fully saturated rings. The van der Waals surface area contributed by atoms with Gasteiger partial charge in [-0.25, -0.2) is 9.78 Å². The first-order chi connectivity index (χ1) is 10.3. The fraction of sp³-hybridized carbons (Fsp3) is 0.462. The number of rotatable bonds is 4. The number of imide groups is 1. The molecule has 2 aromatic heterocycles. The van der Waals surface area contributed by atoms with Crippen molar-refractivity contribution in [3.63, 3.8) is 0 Å². The summed E-state index contributed by atoms with van der Waals surface area (Å²) in [6, 6.07) is 0.952. The van der Waals surface area contributed by atoms with Crippen molar-refractivity contribution in [3.8, 4) is 0 Å². The first-order valence-corrected chi connectivity index (χ1v) is 7.64. The number of amides is 3. The van der Waals surface area contributed by atoms with E-state index in [2.05, 4.69) is 20.5 Å². The largest absolute Gasteiger partial charge is 0.351 e. The molecule has 0 aliphatic rings. The first kappa shape index (κ1) is 16.2. The molecule has 3 amide bonds. The van der Waals surface area contributed by atoms with Gasteiger partial charge in [0.2, 0.25) is 5.91 Å². The lowest BCUT2D eigenvalue weighted by molar-refractivity contribution is -0.120. The number of nitrogens with zero attached hydrogens (tertiary/aromatic N) is 4. The van der Waals surface area contributed by atoms with Crippen molar-refractivity contribution >= 4 is 29.3 Å². The highest BCUT2D eigenvalue weighted by atomic mass is 32.2. The lowest BCUT2D eigenvalue weighted by atomic mass is 10.1. The Bertz CT molecular complexity index is 727. The van der Waals surface area contributed by atoms with Crippen LogP contribution in [0.15, 0.2) is 11.2 Å². The predicted octanol–water partition coefficient (Wildman–Crippen LogP) is 1.05. The van der Waals surface area contributed by atoms with Gasteiger partial charge >= 0.3 is 6.03 Å². The number of nitrogens with two attached hydrogens (primary N) is 1. The molecular weight excluding hydrogens is 304 g/mol. The summed E-state index contributed by atoms with van der Waals surface area (Å²) in [7, 11) is 0. The van der Waals surface area contributed by atoms with E-state index in [1.165, 1.54) is 11.8 Å². The van der Waals surface area contributed by atoms with Crippen LogP contribution >= 0.6 is 11.8 Å². The average Bonchev–Trinajstić information content (AvgIpc) is 2.77. The lowest BCUT2D eigenvalue weighted by Crippen LogP contribution is -2.42. The van der Waals surface area contributed by atoms with E-state index in [9.17, 15) is 9.59 Å². The van der Waals surface area contributed by atoms with Gasteiger partial charge in [-0.2, -0.15) is 0 Å². The van der Waals surface area contributed by atoms with Crippen molar-refractivity contribution in [2.45, 2.75) is 38.1 Å².